The van der Waals surface area contributed by atoms with Crippen LogP contribution in [0.3, 0.4) is 0 Å². The van der Waals surface area contributed by atoms with Crippen molar-refractivity contribution in [1.82, 2.24) is 4.98 Å². The number of benzene rings is 2. The smallest absolute Gasteiger partial charge is 0.387 e. The summed E-state index contributed by atoms with van der Waals surface area (Å²) in [6, 6.07) is 9.67. The molecule has 0 aliphatic rings. The van der Waals surface area contributed by atoms with Crippen molar-refractivity contribution in [1.29, 1.82) is 0 Å². The number of carbonyl (C=O) groups excluding carboxylic acids is 1. The van der Waals surface area contributed by atoms with E-state index in [0.29, 0.717) is 17.7 Å². The van der Waals surface area contributed by atoms with Crippen molar-refractivity contribution >= 4 is 32.8 Å². The topological polar surface area (TPSA) is 57.7 Å². The van der Waals surface area contributed by atoms with Gasteiger partial charge in [-0.2, -0.15) is 8.78 Å². The number of fused-ring (bicyclic) bond motifs is 1. The zero-order valence-corrected chi connectivity index (χ0v) is 18.3. The van der Waals surface area contributed by atoms with Crippen molar-refractivity contribution in [3.05, 3.63) is 63.5 Å². The van der Waals surface area contributed by atoms with Gasteiger partial charge in [-0.25, -0.2) is 14.2 Å². The summed E-state index contributed by atoms with van der Waals surface area (Å²) >= 11 is 3.36. The maximum absolute atomic E-state index is 14.6. The van der Waals surface area contributed by atoms with Crippen LogP contribution in [-0.2, 0) is 22.4 Å². The third-order valence-electron chi connectivity index (χ3n) is 4.60. The Kier molecular flexibility index (Phi) is 7.37. The highest BCUT2D eigenvalue weighted by molar-refractivity contribution is 9.10. The standard InChI is InChI=1S/C22H19BrF3NO4/c1-3-16-14(10-12-4-6-13(23)7-5-12)21(31-22(25)26)19-17(30-11-18(28)29-2)9-8-15(24)20(19)27-16/h4-9,22H,3,10-11H2,1-2H3. The Bertz CT molecular complexity index is 1090. The summed E-state index contributed by atoms with van der Waals surface area (Å²) in [7, 11) is 1.19. The summed E-state index contributed by atoms with van der Waals surface area (Å²) in [4.78, 5) is 15.9. The van der Waals surface area contributed by atoms with Crippen LogP contribution in [0, 0.1) is 5.82 Å². The summed E-state index contributed by atoms with van der Waals surface area (Å²) in [5.74, 6) is -1.63. The molecular weight excluding hydrogens is 479 g/mol. The van der Waals surface area contributed by atoms with Crippen LogP contribution in [-0.4, -0.2) is 31.3 Å². The Hall–Kier alpha value is -2.81. The highest BCUT2D eigenvalue weighted by atomic mass is 79.9. The molecule has 0 amide bonds. The summed E-state index contributed by atoms with van der Waals surface area (Å²) in [6.45, 7) is -1.85. The van der Waals surface area contributed by atoms with Gasteiger partial charge in [-0.15, -0.1) is 0 Å². The van der Waals surface area contributed by atoms with E-state index in [0.717, 1.165) is 16.1 Å². The van der Waals surface area contributed by atoms with Gasteiger partial charge in [0.15, 0.2) is 6.61 Å². The summed E-state index contributed by atoms with van der Waals surface area (Å²) in [6.07, 6.45) is 0.600. The van der Waals surface area contributed by atoms with Crippen molar-refractivity contribution in [2.24, 2.45) is 0 Å². The molecular formula is C22H19BrF3NO4. The molecule has 0 atom stereocenters. The van der Waals surface area contributed by atoms with Crippen LogP contribution >= 0.6 is 15.9 Å². The van der Waals surface area contributed by atoms with E-state index in [1.165, 1.54) is 13.2 Å². The quantitative estimate of drug-likeness (QED) is 0.387. The number of carbonyl (C=O) groups is 1. The first-order chi connectivity index (χ1) is 14.8. The molecule has 0 aliphatic carbocycles. The van der Waals surface area contributed by atoms with Crippen LogP contribution in [0.4, 0.5) is 13.2 Å². The van der Waals surface area contributed by atoms with Gasteiger partial charge in [-0.1, -0.05) is 35.0 Å². The lowest BCUT2D eigenvalue weighted by Gasteiger charge is -2.19. The Balaban J connectivity index is 2.24. The molecule has 0 fully saturated rings. The first kappa shape index (κ1) is 22.9. The zero-order valence-electron chi connectivity index (χ0n) is 16.8. The molecule has 9 heteroatoms. The van der Waals surface area contributed by atoms with E-state index in [1.807, 2.05) is 24.3 Å². The molecule has 3 rings (SSSR count). The minimum atomic E-state index is -3.16. The molecule has 2 aromatic carbocycles. The molecule has 0 radical (unpaired) electrons. The van der Waals surface area contributed by atoms with Crippen molar-refractivity contribution in [2.75, 3.05) is 13.7 Å². The van der Waals surface area contributed by atoms with Crippen LogP contribution in [0.15, 0.2) is 40.9 Å². The maximum atomic E-state index is 14.6. The predicted molar refractivity (Wildman–Crippen MR) is 112 cm³/mol. The van der Waals surface area contributed by atoms with Gasteiger partial charge in [0.05, 0.1) is 12.5 Å². The van der Waals surface area contributed by atoms with Gasteiger partial charge in [-0.05, 0) is 36.2 Å². The van der Waals surface area contributed by atoms with Crippen molar-refractivity contribution in [3.8, 4) is 11.5 Å². The molecule has 0 saturated carbocycles. The molecule has 0 unspecified atom stereocenters. The lowest BCUT2D eigenvalue weighted by atomic mass is 9.98. The summed E-state index contributed by atoms with van der Waals surface area (Å²) in [5, 5.41) is -0.0616. The van der Waals surface area contributed by atoms with Crippen LogP contribution in [0.25, 0.3) is 10.9 Å². The highest BCUT2D eigenvalue weighted by Crippen LogP contribution is 2.40. The number of halogens is 4. The number of aryl methyl sites for hydroxylation is 1. The van der Waals surface area contributed by atoms with Crippen molar-refractivity contribution < 1.29 is 32.2 Å². The average Bonchev–Trinajstić information content (AvgIpc) is 2.75. The molecule has 31 heavy (non-hydrogen) atoms. The van der Waals surface area contributed by atoms with E-state index in [4.69, 9.17) is 9.47 Å². The Labute approximate surface area is 185 Å². The van der Waals surface area contributed by atoms with Gasteiger partial charge in [-0.3, -0.25) is 0 Å². The van der Waals surface area contributed by atoms with Gasteiger partial charge < -0.3 is 14.2 Å². The number of hydrogen-bond donors (Lipinski definition) is 0. The molecule has 1 heterocycles. The monoisotopic (exact) mass is 497 g/mol. The van der Waals surface area contributed by atoms with Crippen LogP contribution in [0.1, 0.15) is 23.7 Å². The number of methoxy groups -OCH3 is 1. The van der Waals surface area contributed by atoms with Crippen LogP contribution in [0.5, 0.6) is 11.5 Å². The third kappa shape index (κ3) is 5.28. The molecule has 0 spiro atoms. The minimum Gasteiger partial charge on any atom is -0.481 e. The van der Waals surface area contributed by atoms with E-state index in [-0.39, 0.29) is 28.8 Å². The Morgan fingerprint density at radius 2 is 1.87 bits per heavy atom. The fourth-order valence-corrected chi connectivity index (χ4v) is 3.44. The second kappa shape index (κ2) is 10.00. The number of aromatic nitrogens is 1. The van der Waals surface area contributed by atoms with E-state index in [1.54, 1.807) is 6.92 Å². The van der Waals surface area contributed by atoms with E-state index < -0.39 is 25.0 Å². The van der Waals surface area contributed by atoms with E-state index in [2.05, 4.69) is 25.7 Å². The molecule has 3 aromatic rings. The largest absolute Gasteiger partial charge is 0.481 e. The number of hydrogen-bond acceptors (Lipinski definition) is 5. The fraction of sp³-hybridized carbons (Fsp3) is 0.273. The molecule has 0 aliphatic heterocycles. The predicted octanol–water partition coefficient (Wildman–Crippen LogP) is 5.44. The average molecular weight is 498 g/mol. The maximum Gasteiger partial charge on any atom is 0.387 e. The Morgan fingerprint density at radius 3 is 2.48 bits per heavy atom. The zero-order chi connectivity index (χ0) is 22.5. The fourth-order valence-electron chi connectivity index (χ4n) is 3.18. The van der Waals surface area contributed by atoms with E-state index in [9.17, 15) is 18.0 Å². The molecule has 164 valence electrons. The highest BCUT2D eigenvalue weighted by Gasteiger charge is 2.24. The molecule has 0 saturated heterocycles. The van der Waals surface area contributed by atoms with Gasteiger partial charge >= 0.3 is 12.6 Å². The van der Waals surface area contributed by atoms with E-state index >= 15 is 0 Å². The number of pyridine rings is 1. The van der Waals surface area contributed by atoms with Gasteiger partial charge in [0.25, 0.3) is 0 Å². The lowest BCUT2D eigenvalue weighted by Crippen LogP contribution is -2.14. The summed E-state index contributed by atoms with van der Waals surface area (Å²) in [5.41, 5.74) is 1.47. The van der Waals surface area contributed by atoms with Crippen LogP contribution < -0.4 is 9.47 Å². The molecule has 5 nitrogen and oxygen atoms in total. The second-order valence-corrected chi connectivity index (χ2v) is 7.45. The second-order valence-electron chi connectivity index (χ2n) is 6.54. The van der Waals surface area contributed by atoms with Crippen molar-refractivity contribution in [3.63, 3.8) is 0 Å². The van der Waals surface area contributed by atoms with Gasteiger partial charge in [0.1, 0.15) is 22.8 Å². The molecule has 0 bridgehead atoms. The van der Waals surface area contributed by atoms with Crippen molar-refractivity contribution in [2.45, 2.75) is 26.4 Å². The Morgan fingerprint density at radius 1 is 1.16 bits per heavy atom. The number of ether oxygens (including phenoxy) is 3. The number of alkyl halides is 2. The van der Waals surface area contributed by atoms with Gasteiger partial charge in [0.2, 0.25) is 0 Å². The first-order valence-corrected chi connectivity index (χ1v) is 10.2. The van der Waals surface area contributed by atoms with Crippen LogP contribution in [0.2, 0.25) is 0 Å². The lowest BCUT2D eigenvalue weighted by molar-refractivity contribution is -0.142. The number of rotatable bonds is 8. The SMILES string of the molecule is CCc1nc2c(F)ccc(OCC(=O)OC)c2c(OC(F)F)c1Cc1ccc(Br)cc1. The van der Waals surface area contributed by atoms with Gasteiger partial charge in [0, 0.05) is 22.2 Å². The summed E-state index contributed by atoms with van der Waals surface area (Å²) < 4.78 is 57.1. The first-order valence-electron chi connectivity index (χ1n) is 9.36. The minimum absolute atomic E-state index is 0.00957. The number of esters is 1. The third-order valence-corrected chi connectivity index (χ3v) is 5.12. The number of nitrogens with zero attached hydrogens (tertiary/aromatic N) is 1. The normalized spacial score (nSPS) is 11.1. The molecule has 1 aromatic heterocycles. The molecule has 0 N–H and O–H groups in total.